The molecule has 112 valence electrons. The predicted molar refractivity (Wildman–Crippen MR) is 81.0 cm³/mol. The summed E-state index contributed by atoms with van der Waals surface area (Å²) in [5.74, 6) is -0.318. The topological polar surface area (TPSA) is 26.3 Å². The summed E-state index contributed by atoms with van der Waals surface area (Å²) in [7, 11) is 4.50. The van der Waals surface area contributed by atoms with Gasteiger partial charge in [0.2, 0.25) is 0 Å². The van der Waals surface area contributed by atoms with Crippen LogP contribution in [0.4, 0.5) is 0 Å². The molecule has 3 nitrogen and oxygen atoms in total. The van der Waals surface area contributed by atoms with E-state index < -0.39 is 0 Å². The Kier molecular flexibility index (Phi) is 10.6. The van der Waals surface area contributed by atoms with Gasteiger partial charge in [0.25, 0.3) is 0 Å². The zero-order valence-electron chi connectivity index (χ0n) is 13.1. The van der Waals surface area contributed by atoms with Crippen molar-refractivity contribution >= 4 is 5.97 Å². The van der Waals surface area contributed by atoms with Gasteiger partial charge >= 0.3 is 5.97 Å². The highest BCUT2D eigenvalue weighted by molar-refractivity contribution is 5.81. The zero-order chi connectivity index (χ0) is 14.6. The van der Waals surface area contributed by atoms with Gasteiger partial charge in [0.15, 0.2) is 0 Å². The maximum atomic E-state index is 10.9. The van der Waals surface area contributed by atoms with Crippen molar-refractivity contribution in [2.45, 2.75) is 51.9 Å². The Morgan fingerprint density at radius 3 is 2.26 bits per heavy atom. The van der Waals surface area contributed by atoms with Crippen LogP contribution in [0.5, 0.6) is 0 Å². The molecular formula is C16H32NO2+. The summed E-state index contributed by atoms with van der Waals surface area (Å²) in [5, 5.41) is 0. The fourth-order valence-electron chi connectivity index (χ4n) is 2.16. The standard InChI is InChI=1S/C16H32NO2/c1-5-7-8-9-10-11-13-17(3,4)14-12-15-19-16(18)6-2/h6H,2,5,7-15H2,1,3-4H3/q+1. The van der Waals surface area contributed by atoms with E-state index in [1.54, 1.807) is 0 Å². The highest BCUT2D eigenvalue weighted by Gasteiger charge is 2.14. The van der Waals surface area contributed by atoms with E-state index in [2.05, 4.69) is 27.6 Å². The van der Waals surface area contributed by atoms with E-state index in [1.807, 2.05) is 0 Å². The van der Waals surface area contributed by atoms with Gasteiger partial charge in [-0.25, -0.2) is 4.79 Å². The summed E-state index contributed by atoms with van der Waals surface area (Å²) in [5.41, 5.74) is 0. The van der Waals surface area contributed by atoms with Gasteiger partial charge in [0, 0.05) is 12.5 Å². The minimum atomic E-state index is -0.318. The second kappa shape index (κ2) is 11.0. The summed E-state index contributed by atoms with van der Waals surface area (Å²) in [4.78, 5) is 10.9. The van der Waals surface area contributed by atoms with Crippen LogP contribution < -0.4 is 0 Å². The molecule has 0 saturated carbocycles. The van der Waals surface area contributed by atoms with Gasteiger partial charge in [0.05, 0.1) is 33.8 Å². The molecule has 0 heterocycles. The van der Waals surface area contributed by atoms with Crippen molar-refractivity contribution in [2.24, 2.45) is 0 Å². The third-order valence-corrected chi connectivity index (χ3v) is 3.44. The SMILES string of the molecule is C=CC(=O)OCCC[N+](C)(C)CCCCCCCC. The highest BCUT2D eigenvalue weighted by Crippen LogP contribution is 2.08. The first-order chi connectivity index (χ1) is 9.02. The summed E-state index contributed by atoms with van der Waals surface area (Å²) >= 11 is 0. The number of nitrogens with zero attached hydrogens (tertiary/aromatic N) is 1. The second-order valence-electron chi connectivity index (χ2n) is 5.88. The predicted octanol–water partition coefficient (Wildman–Crippen LogP) is 3.54. The maximum Gasteiger partial charge on any atom is 0.330 e. The lowest BCUT2D eigenvalue weighted by atomic mass is 10.1. The van der Waals surface area contributed by atoms with E-state index in [4.69, 9.17) is 4.74 Å². The molecule has 0 fully saturated rings. The first-order valence-electron chi connectivity index (χ1n) is 7.63. The number of carbonyl (C=O) groups is 1. The molecule has 0 aromatic carbocycles. The Balaban J connectivity index is 3.51. The lowest BCUT2D eigenvalue weighted by Crippen LogP contribution is -2.41. The van der Waals surface area contributed by atoms with Gasteiger partial charge in [-0.1, -0.05) is 39.2 Å². The number of esters is 1. The third kappa shape index (κ3) is 12.0. The van der Waals surface area contributed by atoms with E-state index in [0.717, 1.165) is 17.4 Å². The second-order valence-corrected chi connectivity index (χ2v) is 5.88. The van der Waals surface area contributed by atoms with Crippen LogP contribution in [0.25, 0.3) is 0 Å². The maximum absolute atomic E-state index is 10.9. The van der Waals surface area contributed by atoms with Crippen LogP contribution in [0, 0.1) is 0 Å². The molecule has 3 heteroatoms. The molecule has 0 atom stereocenters. The van der Waals surface area contributed by atoms with Gasteiger partial charge in [-0.3, -0.25) is 0 Å². The van der Waals surface area contributed by atoms with Crippen LogP contribution in [0.1, 0.15) is 51.9 Å². The molecule has 0 N–H and O–H groups in total. The molecule has 0 aromatic heterocycles. The number of hydrogen-bond acceptors (Lipinski definition) is 2. The molecule has 0 saturated heterocycles. The van der Waals surface area contributed by atoms with Gasteiger partial charge in [-0.15, -0.1) is 0 Å². The van der Waals surface area contributed by atoms with E-state index >= 15 is 0 Å². The fraction of sp³-hybridized carbons (Fsp3) is 0.812. The highest BCUT2D eigenvalue weighted by atomic mass is 16.5. The van der Waals surface area contributed by atoms with E-state index in [9.17, 15) is 4.79 Å². The summed E-state index contributed by atoms with van der Waals surface area (Å²) in [6.45, 7) is 8.40. The molecule has 0 amide bonds. The lowest BCUT2D eigenvalue weighted by molar-refractivity contribution is -0.890. The number of quaternary nitrogens is 1. The van der Waals surface area contributed by atoms with Crippen LogP contribution in [-0.4, -0.2) is 44.2 Å². The van der Waals surface area contributed by atoms with Gasteiger partial charge < -0.3 is 9.22 Å². The molecule has 19 heavy (non-hydrogen) atoms. The quantitative estimate of drug-likeness (QED) is 0.235. The Bertz CT molecular complexity index is 249. The van der Waals surface area contributed by atoms with Crippen LogP contribution >= 0.6 is 0 Å². The average Bonchev–Trinajstić information content (AvgIpc) is 2.38. The summed E-state index contributed by atoms with van der Waals surface area (Å²) in [6, 6.07) is 0. The number of ether oxygens (including phenoxy) is 1. The Morgan fingerprint density at radius 1 is 1.05 bits per heavy atom. The Morgan fingerprint density at radius 2 is 1.63 bits per heavy atom. The van der Waals surface area contributed by atoms with Crippen molar-refractivity contribution in [3.63, 3.8) is 0 Å². The molecule has 0 rings (SSSR count). The fourth-order valence-corrected chi connectivity index (χ4v) is 2.16. The molecular weight excluding hydrogens is 238 g/mol. The Hall–Kier alpha value is -0.830. The molecule has 0 aliphatic rings. The normalized spacial score (nSPS) is 11.3. The van der Waals surface area contributed by atoms with Crippen molar-refractivity contribution < 1.29 is 14.0 Å². The van der Waals surface area contributed by atoms with Crippen LogP contribution in [0.2, 0.25) is 0 Å². The smallest absolute Gasteiger partial charge is 0.330 e. The van der Waals surface area contributed by atoms with Gasteiger partial charge in [-0.2, -0.15) is 0 Å². The summed E-state index contributed by atoms with van der Waals surface area (Å²) in [6.07, 6.45) is 10.2. The van der Waals surface area contributed by atoms with Crippen LogP contribution in [0.3, 0.4) is 0 Å². The monoisotopic (exact) mass is 270 g/mol. The van der Waals surface area contributed by atoms with Crippen LogP contribution in [0.15, 0.2) is 12.7 Å². The van der Waals surface area contributed by atoms with Crippen molar-refractivity contribution in [3.05, 3.63) is 12.7 Å². The number of carbonyl (C=O) groups excluding carboxylic acids is 1. The molecule has 0 aromatic rings. The third-order valence-electron chi connectivity index (χ3n) is 3.44. The zero-order valence-corrected chi connectivity index (χ0v) is 13.1. The molecule has 0 radical (unpaired) electrons. The molecule has 0 aliphatic heterocycles. The number of unbranched alkanes of at least 4 members (excludes halogenated alkanes) is 5. The minimum Gasteiger partial charge on any atom is -0.462 e. The molecule has 0 unspecified atom stereocenters. The average molecular weight is 270 g/mol. The van der Waals surface area contributed by atoms with Crippen molar-refractivity contribution in [2.75, 3.05) is 33.8 Å². The lowest BCUT2D eigenvalue weighted by Gasteiger charge is -2.29. The molecule has 0 bridgehead atoms. The molecule has 0 spiro atoms. The van der Waals surface area contributed by atoms with Crippen molar-refractivity contribution in [1.29, 1.82) is 0 Å². The van der Waals surface area contributed by atoms with Crippen molar-refractivity contribution in [1.82, 2.24) is 0 Å². The minimum absolute atomic E-state index is 0.318. The largest absolute Gasteiger partial charge is 0.462 e. The van der Waals surface area contributed by atoms with Crippen molar-refractivity contribution in [3.8, 4) is 0 Å². The first kappa shape index (κ1) is 18.2. The first-order valence-corrected chi connectivity index (χ1v) is 7.63. The van der Waals surface area contributed by atoms with Crippen LogP contribution in [-0.2, 0) is 9.53 Å². The van der Waals surface area contributed by atoms with E-state index in [1.165, 1.54) is 51.1 Å². The molecule has 0 aliphatic carbocycles. The number of rotatable bonds is 12. The van der Waals surface area contributed by atoms with E-state index in [-0.39, 0.29) is 5.97 Å². The summed E-state index contributed by atoms with van der Waals surface area (Å²) < 4.78 is 6.00. The van der Waals surface area contributed by atoms with Gasteiger partial charge in [-0.05, 0) is 12.8 Å². The van der Waals surface area contributed by atoms with Gasteiger partial charge in [0.1, 0.15) is 0 Å². The Labute approximate surface area is 119 Å². The number of hydrogen-bond donors (Lipinski definition) is 0. The van der Waals surface area contributed by atoms with E-state index in [0.29, 0.717) is 6.61 Å².